The standard InChI is InChI=1S/C20H11FN8S/c21-15-12(11-5-22-9-23-6-11)7-25-19-14(15)18(28-29-19)20-26-13-1-3-24-16(17(13)27-20)10-2-4-30-8-10/h1-9H,(H,26,27)(H,25,28,29). The number of nitrogens with zero attached hydrogens (tertiary/aromatic N) is 6. The van der Waals surface area contributed by atoms with Crippen LogP contribution in [0, 0.1) is 5.82 Å². The molecule has 0 aliphatic heterocycles. The Bertz CT molecular complexity index is 1500. The number of aromatic nitrogens is 8. The van der Waals surface area contributed by atoms with Crippen LogP contribution in [-0.2, 0) is 0 Å². The summed E-state index contributed by atoms with van der Waals surface area (Å²) in [4.78, 5) is 24.6. The van der Waals surface area contributed by atoms with Crippen molar-refractivity contribution in [2.45, 2.75) is 0 Å². The molecule has 0 aliphatic carbocycles. The van der Waals surface area contributed by atoms with E-state index in [-0.39, 0.29) is 5.39 Å². The van der Waals surface area contributed by atoms with E-state index in [0.29, 0.717) is 33.8 Å². The molecule has 10 heteroatoms. The lowest BCUT2D eigenvalue weighted by Gasteiger charge is -2.03. The second kappa shape index (κ2) is 6.49. The lowest BCUT2D eigenvalue weighted by atomic mass is 10.1. The summed E-state index contributed by atoms with van der Waals surface area (Å²) in [6, 6.07) is 3.82. The number of thiophene rings is 1. The molecule has 0 spiro atoms. The summed E-state index contributed by atoms with van der Waals surface area (Å²) in [6.07, 6.45) is 7.63. The van der Waals surface area contributed by atoms with Gasteiger partial charge in [-0.25, -0.2) is 24.3 Å². The van der Waals surface area contributed by atoms with Crippen molar-refractivity contribution < 1.29 is 4.39 Å². The Morgan fingerprint density at radius 1 is 0.967 bits per heavy atom. The van der Waals surface area contributed by atoms with Gasteiger partial charge in [-0.05, 0) is 17.5 Å². The number of H-pyrrole nitrogens is 2. The zero-order valence-corrected chi connectivity index (χ0v) is 16.0. The van der Waals surface area contributed by atoms with Gasteiger partial charge in [0.15, 0.2) is 11.5 Å². The van der Waals surface area contributed by atoms with Crippen LogP contribution < -0.4 is 0 Å². The molecule has 144 valence electrons. The fourth-order valence-electron chi connectivity index (χ4n) is 3.42. The highest BCUT2D eigenvalue weighted by atomic mass is 32.1. The molecule has 0 unspecified atom stereocenters. The fourth-order valence-corrected chi connectivity index (χ4v) is 4.06. The zero-order valence-electron chi connectivity index (χ0n) is 15.2. The topological polar surface area (TPSA) is 109 Å². The van der Waals surface area contributed by atoms with Gasteiger partial charge in [-0.1, -0.05) is 0 Å². The maximum absolute atomic E-state index is 15.5. The first-order valence-electron chi connectivity index (χ1n) is 8.95. The molecule has 0 aliphatic rings. The van der Waals surface area contributed by atoms with E-state index in [1.165, 1.54) is 12.5 Å². The molecule has 6 aromatic rings. The van der Waals surface area contributed by atoms with Gasteiger partial charge in [-0.15, -0.1) is 0 Å². The zero-order chi connectivity index (χ0) is 20.1. The van der Waals surface area contributed by atoms with Crippen molar-refractivity contribution in [2.75, 3.05) is 0 Å². The third-order valence-electron chi connectivity index (χ3n) is 4.82. The number of nitrogens with one attached hydrogen (secondary N) is 2. The summed E-state index contributed by atoms with van der Waals surface area (Å²) in [5, 5.41) is 11.3. The molecule has 0 fully saturated rings. The van der Waals surface area contributed by atoms with Crippen LogP contribution in [0.2, 0.25) is 0 Å². The van der Waals surface area contributed by atoms with E-state index < -0.39 is 5.82 Å². The Hall–Kier alpha value is -4.05. The monoisotopic (exact) mass is 414 g/mol. The molecule has 0 amide bonds. The second-order valence-corrected chi connectivity index (χ2v) is 7.34. The average Bonchev–Trinajstić information content (AvgIpc) is 3.53. The van der Waals surface area contributed by atoms with E-state index in [4.69, 9.17) is 0 Å². The van der Waals surface area contributed by atoms with Crippen molar-refractivity contribution in [1.29, 1.82) is 0 Å². The van der Waals surface area contributed by atoms with Gasteiger partial charge in [0.05, 0.1) is 16.6 Å². The van der Waals surface area contributed by atoms with Crippen molar-refractivity contribution in [1.82, 2.24) is 40.1 Å². The minimum Gasteiger partial charge on any atom is -0.336 e. The molecular weight excluding hydrogens is 403 g/mol. The Kier molecular flexibility index (Phi) is 3.65. The summed E-state index contributed by atoms with van der Waals surface area (Å²) >= 11 is 1.59. The van der Waals surface area contributed by atoms with Crippen LogP contribution in [0.1, 0.15) is 0 Å². The molecule has 6 aromatic heterocycles. The van der Waals surface area contributed by atoms with Gasteiger partial charge in [0.2, 0.25) is 0 Å². The Balaban J connectivity index is 1.57. The lowest BCUT2D eigenvalue weighted by molar-refractivity contribution is 0.642. The van der Waals surface area contributed by atoms with Gasteiger partial charge in [-0.2, -0.15) is 16.4 Å². The third-order valence-corrected chi connectivity index (χ3v) is 5.50. The number of pyridine rings is 2. The molecular formula is C20H11FN8S. The highest BCUT2D eigenvalue weighted by Gasteiger charge is 2.21. The molecule has 0 saturated carbocycles. The molecule has 0 aromatic carbocycles. The fraction of sp³-hybridized carbons (Fsp3) is 0. The summed E-state index contributed by atoms with van der Waals surface area (Å²) in [5.41, 5.74) is 4.74. The van der Waals surface area contributed by atoms with E-state index >= 15 is 4.39 Å². The maximum Gasteiger partial charge on any atom is 0.159 e. The van der Waals surface area contributed by atoms with Gasteiger partial charge in [0.25, 0.3) is 0 Å². The van der Waals surface area contributed by atoms with E-state index in [1.54, 1.807) is 29.9 Å². The van der Waals surface area contributed by atoms with Crippen LogP contribution in [0.4, 0.5) is 4.39 Å². The van der Waals surface area contributed by atoms with Gasteiger partial charge in [0.1, 0.15) is 23.4 Å². The van der Waals surface area contributed by atoms with E-state index in [2.05, 4.69) is 40.1 Å². The van der Waals surface area contributed by atoms with Gasteiger partial charge >= 0.3 is 0 Å². The summed E-state index contributed by atoms with van der Waals surface area (Å²) in [6.45, 7) is 0. The Morgan fingerprint density at radius 2 is 1.87 bits per heavy atom. The maximum atomic E-state index is 15.5. The molecule has 0 radical (unpaired) electrons. The van der Waals surface area contributed by atoms with Crippen LogP contribution in [0.25, 0.3) is 56.0 Å². The van der Waals surface area contributed by atoms with Crippen molar-refractivity contribution in [3.8, 4) is 33.9 Å². The van der Waals surface area contributed by atoms with Crippen molar-refractivity contribution >= 4 is 33.4 Å². The molecule has 8 nitrogen and oxygen atoms in total. The molecule has 6 heterocycles. The van der Waals surface area contributed by atoms with Gasteiger partial charge < -0.3 is 4.98 Å². The summed E-state index contributed by atoms with van der Waals surface area (Å²) < 4.78 is 15.5. The molecule has 0 bridgehead atoms. The first-order chi connectivity index (χ1) is 14.8. The van der Waals surface area contributed by atoms with E-state index in [0.717, 1.165) is 16.8 Å². The van der Waals surface area contributed by atoms with Crippen LogP contribution in [0.3, 0.4) is 0 Å². The number of hydrogen-bond donors (Lipinski definition) is 2. The van der Waals surface area contributed by atoms with Crippen molar-refractivity contribution in [3.63, 3.8) is 0 Å². The number of rotatable bonds is 3. The Morgan fingerprint density at radius 3 is 2.70 bits per heavy atom. The van der Waals surface area contributed by atoms with Crippen LogP contribution in [0.5, 0.6) is 0 Å². The van der Waals surface area contributed by atoms with E-state index in [9.17, 15) is 0 Å². The quantitative estimate of drug-likeness (QED) is 0.449. The highest BCUT2D eigenvalue weighted by molar-refractivity contribution is 7.08. The number of imidazole rings is 1. The Labute approximate surface area is 171 Å². The van der Waals surface area contributed by atoms with Crippen molar-refractivity contribution in [3.05, 3.63) is 59.8 Å². The number of halogens is 1. The molecule has 30 heavy (non-hydrogen) atoms. The second-order valence-electron chi connectivity index (χ2n) is 6.56. The number of hydrogen-bond acceptors (Lipinski definition) is 7. The lowest BCUT2D eigenvalue weighted by Crippen LogP contribution is -1.91. The summed E-state index contributed by atoms with van der Waals surface area (Å²) in [5.74, 6) is -0.0296. The number of fused-ring (bicyclic) bond motifs is 2. The molecule has 2 N–H and O–H groups in total. The predicted octanol–water partition coefficient (Wildman–Crippen LogP) is 4.22. The SMILES string of the molecule is Fc1c(-c2cncnc2)cnc2[nH]nc(-c3nc4c(-c5ccsc5)nccc4[nH]3)c12. The minimum absolute atomic E-state index is 0.250. The number of aromatic amines is 2. The van der Waals surface area contributed by atoms with Crippen LogP contribution in [0.15, 0.2) is 54.0 Å². The van der Waals surface area contributed by atoms with Crippen LogP contribution in [-0.4, -0.2) is 40.1 Å². The first-order valence-corrected chi connectivity index (χ1v) is 9.89. The average molecular weight is 414 g/mol. The minimum atomic E-state index is -0.463. The highest BCUT2D eigenvalue weighted by Crippen LogP contribution is 2.33. The molecule has 0 saturated heterocycles. The van der Waals surface area contributed by atoms with Crippen LogP contribution >= 0.6 is 11.3 Å². The smallest absolute Gasteiger partial charge is 0.159 e. The molecule has 0 atom stereocenters. The third kappa shape index (κ3) is 2.51. The van der Waals surface area contributed by atoms with E-state index in [1.807, 2.05) is 22.9 Å². The molecule has 6 rings (SSSR count). The van der Waals surface area contributed by atoms with Crippen molar-refractivity contribution in [2.24, 2.45) is 0 Å². The normalized spacial score (nSPS) is 11.5. The van der Waals surface area contributed by atoms with Gasteiger partial charge in [-0.3, -0.25) is 10.1 Å². The first kappa shape index (κ1) is 16.9. The predicted molar refractivity (Wildman–Crippen MR) is 111 cm³/mol. The van der Waals surface area contributed by atoms with Gasteiger partial charge in [0, 0.05) is 46.9 Å². The largest absolute Gasteiger partial charge is 0.336 e. The summed E-state index contributed by atoms with van der Waals surface area (Å²) in [7, 11) is 0.